The number of carbonyl (C=O) groups is 1. The van der Waals surface area contributed by atoms with E-state index in [1.54, 1.807) is 0 Å². The predicted molar refractivity (Wildman–Crippen MR) is 85.4 cm³/mol. The molecule has 1 aliphatic rings. The van der Waals surface area contributed by atoms with E-state index in [-0.39, 0.29) is 12.1 Å². The second-order valence-electron chi connectivity index (χ2n) is 5.42. The van der Waals surface area contributed by atoms with Gasteiger partial charge in [0.25, 0.3) is 0 Å². The Morgan fingerprint density at radius 2 is 1.95 bits per heavy atom. The summed E-state index contributed by atoms with van der Waals surface area (Å²) in [4.78, 5) is 12.1. The summed E-state index contributed by atoms with van der Waals surface area (Å²) in [5, 5.41) is 14.5. The van der Waals surface area contributed by atoms with Gasteiger partial charge in [0.15, 0.2) is 0 Å². The van der Waals surface area contributed by atoms with E-state index in [4.69, 9.17) is 5.26 Å². The molecule has 0 fully saturated rings. The Bertz CT molecular complexity index is 716. The van der Waals surface area contributed by atoms with Crippen LogP contribution in [-0.4, -0.2) is 6.03 Å². The van der Waals surface area contributed by atoms with Crippen molar-refractivity contribution in [2.75, 3.05) is 5.32 Å². The molecular weight excluding hydrogens is 274 g/mol. The summed E-state index contributed by atoms with van der Waals surface area (Å²) in [7, 11) is 0. The molecule has 0 aromatic heterocycles. The number of benzene rings is 2. The van der Waals surface area contributed by atoms with Crippen LogP contribution in [0.25, 0.3) is 0 Å². The molecule has 4 heteroatoms. The molecule has 0 heterocycles. The lowest BCUT2D eigenvalue weighted by Gasteiger charge is -2.15. The number of fused-ring (bicyclic) bond motifs is 1. The molecule has 2 amide bonds. The van der Waals surface area contributed by atoms with Gasteiger partial charge in [0.1, 0.15) is 0 Å². The number of hydrogen-bond acceptors (Lipinski definition) is 2. The average molecular weight is 291 g/mol. The van der Waals surface area contributed by atoms with Crippen LogP contribution in [0.5, 0.6) is 0 Å². The van der Waals surface area contributed by atoms with E-state index >= 15 is 0 Å². The fraction of sp³-hybridized carbons (Fsp3) is 0.222. The van der Waals surface area contributed by atoms with Crippen LogP contribution >= 0.6 is 0 Å². The van der Waals surface area contributed by atoms with Crippen LogP contribution in [0.2, 0.25) is 0 Å². The first-order valence-corrected chi connectivity index (χ1v) is 7.37. The van der Waals surface area contributed by atoms with Crippen molar-refractivity contribution in [3.05, 3.63) is 65.2 Å². The Hall–Kier alpha value is -2.80. The van der Waals surface area contributed by atoms with Crippen LogP contribution in [0.15, 0.2) is 48.5 Å². The third-order valence-electron chi connectivity index (χ3n) is 3.93. The maximum atomic E-state index is 12.1. The summed E-state index contributed by atoms with van der Waals surface area (Å²) in [6, 6.07) is 17.5. The Balaban J connectivity index is 1.60. The maximum absolute atomic E-state index is 12.1. The normalized spacial score (nSPS) is 15.7. The number of carbonyl (C=O) groups excluding carboxylic acids is 1. The van der Waals surface area contributed by atoms with E-state index in [0.717, 1.165) is 24.1 Å². The number of urea groups is 1. The molecule has 4 nitrogen and oxygen atoms in total. The molecule has 2 aromatic carbocycles. The van der Waals surface area contributed by atoms with Crippen molar-refractivity contribution >= 4 is 11.7 Å². The highest BCUT2D eigenvalue weighted by atomic mass is 16.2. The summed E-state index contributed by atoms with van der Waals surface area (Å²) in [5.41, 5.74) is 4.19. The lowest BCUT2D eigenvalue weighted by atomic mass is 10.1. The molecular formula is C18H17N3O. The lowest BCUT2D eigenvalue weighted by Crippen LogP contribution is -2.31. The van der Waals surface area contributed by atoms with Crippen LogP contribution in [0.3, 0.4) is 0 Å². The number of anilines is 1. The van der Waals surface area contributed by atoms with Crippen LogP contribution in [0.4, 0.5) is 10.5 Å². The van der Waals surface area contributed by atoms with Crippen molar-refractivity contribution in [1.82, 2.24) is 5.32 Å². The largest absolute Gasteiger partial charge is 0.331 e. The predicted octanol–water partition coefficient (Wildman–Crippen LogP) is 3.56. The van der Waals surface area contributed by atoms with Crippen LogP contribution in [0.1, 0.15) is 29.2 Å². The van der Waals surface area contributed by atoms with Gasteiger partial charge in [-0.05, 0) is 41.7 Å². The van der Waals surface area contributed by atoms with E-state index in [1.165, 1.54) is 11.1 Å². The molecule has 0 saturated carbocycles. The first-order chi connectivity index (χ1) is 10.8. The van der Waals surface area contributed by atoms with Gasteiger partial charge in [-0.3, -0.25) is 0 Å². The van der Waals surface area contributed by atoms with Gasteiger partial charge in [-0.25, -0.2) is 4.79 Å². The van der Waals surface area contributed by atoms with E-state index in [9.17, 15) is 4.79 Å². The first kappa shape index (κ1) is 14.2. The minimum atomic E-state index is -0.199. The Labute approximate surface area is 129 Å². The highest BCUT2D eigenvalue weighted by molar-refractivity contribution is 5.89. The number of amides is 2. The average Bonchev–Trinajstić information content (AvgIpc) is 2.93. The molecule has 1 unspecified atom stereocenters. The van der Waals surface area contributed by atoms with Crippen LogP contribution in [-0.2, 0) is 12.8 Å². The Morgan fingerprint density at radius 1 is 1.18 bits per heavy atom. The number of nitrogens with one attached hydrogen (secondary N) is 2. The molecule has 0 aliphatic heterocycles. The van der Waals surface area contributed by atoms with Crippen molar-refractivity contribution < 1.29 is 4.79 Å². The van der Waals surface area contributed by atoms with Crippen molar-refractivity contribution in [3.63, 3.8) is 0 Å². The van der Waals surface area contributed by atoms with Crippen LogP contribution < -0.4 is 10.6 Å². The van der Waals surface area contributed by atoms with Crippen LogP contribution in [0, 0.1) is 11.3 Å². The highest BCUT2D eigenvalue weighted by Gasteiger charge is 2.23. The van der Waals surface area contributed by atoms with Gasteiger partial charge in [0.2, 0.25) is 0 Å². The van der Waals surface area contributed by atoms with Gasteiger partial charge < -0.3 is 10.6 Å². The molecule has 0 saturated heterocycles. The minimum Gasteiger partial charge on any atom is -0.331 e. The molecule has 1 aliphatic carbocycles. The van der Waals surface area contributed by atoms with Gasteiger partial charge in [0, 0.05) is 5.69 Å². The fourth-order valence-corrected chi connectivity index (χ4v) is 2.83. The second kappa shape index (κ2) is 6.31. The number of rotatable bonds is 3. The smallest absolute Gasteiger partial charge is 0.319 e. The lowest BCUT2D eigenvalue weighted by molar-refractivity contribution is 0.248. The molecule has 3 rings (SSSR count). The third kappa shape index (κ3) is 3.09. The van der Waals surface area contributed by atoms with Crippen molar-refractivity contribution in [1.29, 1.82) is 5.26 Å². The molecule has 0 bridgehead atoms. The molecule has 2 N–H and O–H groups in total. The fourth-order valence-electron chi connectivity index (χ4n) is 2.83. The first-order valence-electron chi connectivity index (χ1n) is 7.37. The monoisotopic (exact) mass is 291 g/mol. The molecule has 0 spiro atoms. The van der Waals surface area contributed by atoms with E-state index in [1.807, 2.05) is 36.4 Å². The SMILES string of the molecule is N#CCc1ccc(NC(=O)NC2CCc3ccccc32)cc1. The van der Waals surface area contributed by atoms with Gasteiger partial charge >= 0.3 is 6.03 Å². The summed E-state index contributed by atoms with van der Waals surface area (Å²) >= 11 is 0. The maximum Gasteiger partial charge on any atom is 0.319 e. The van der Waals surface area contributed by atoms with Crippen molar-refractivity contribution in [2.24, 2.45) is 0 Å². The van der Waals surface area contributed by atoms with Gasteiger partial charge in [-0.15, -0.1) is 0 Å². The van der Waals surface area contributed by atoms with E-state index in [0.29, 0.717) is 6.42 Å². The zero-order valence-corrected chi connectivity index (χ0v) is 12.2. The second-order valence-corrected chi connectivity index (χ2v) is 5.42. The molecule has 0 radical (unpaired) electrons. The number of nitrogens with zero attached hydrogens (tertiary/aromatic N) is 1. The zero-order chi connectivity index (χ0) is 15.4. The molecule has 22 heavy (non-hydrogen) atoms. The number of nitriles is 1. The molecule has 2 aromatic rings. The van der Waals surface area contributed by atoms with E-state index < -0.39 is 0 Å². The molecule has 110 valence electrons. The topological polar surface area (TPSA) is 64.9 Å². The summed E-state index contributed by atoms with van der Waals surface area (Å²) < 4.78 is 0. The summed E-state index contributed by atoms with van der Waals surface area (Å²) in [6.07, 6.45) is 2.32. The Morgan fingerprint density at radius 3 is 2.73 bits per heavy atom. The standard InChI is InChI=1S/C18H17N3O/c19-12-11-13-5-8-15(9-6-13)20-18(22)21-17-10-7-14-3-1-2-4-16(14)17/h1-6,8-9,17H,7,10-11H2,(H2,20,21,22). The molecule has 1 atom stereocenters. The van der Waals surface area contributed by atoms with Gasteiger partial charge in [-0.1, -0.05) is 36.4 Å². The number of hydrogen-bond donors (Lipinski definition) is 2. The van der Waals surface area contributed by atoms with Crippen molar-refractivity contribution in [2.45, 2.75) is 25.3 Å². The zero-order valence-electron chi connectivity index (χ0n) is 12.2. The highest BCUT2D eigenvalue weighted by Crippen LogP contribution is 2.30. The van der Waals surface area contributed by atoms with Gasteiger partial charge in [0.05, 0.1) is 18.5 Å². The van der Waals surface area contributed by atoms with Crippen molar-refractivity contribution in [3.8, 4) is 6.07 Å². The quantitative estimate of drug-likeness (QED) is 0.908. The van der Waals surface area contributed by atoms with Gasteiger partial charge in [-0.2, -0.15) is 5.26 Å². The van der Waals surface area contributed by atoms with E-state index in [2.05, 4.69) is 28.8 Å². The minimum absolute atomic E-state index is 0.0778. The number of aryl methyl sites for hydroxylation is 1. The summed E-state index contributed by atoms with van der Waals surface area (Å²) in [6.45, 7) is 0. The Kier molecular flexibility index (Phi) is 4.06. The summed E-state index contributed by atoms with van der Waals surface area (Å²) in [5.74, 6) is 0. The third-order valence-corrected chi connectivity index (χ3v) is 3.93.